The van der Waals surface area contributed by atoms with Crippen molar-refractivity contribution in [2.75, 3.05) is 13.2 Å². The summed E-state index contributed by atoms with van der Waals surface area (Å²) in [7, 11) is 0. The molecule has 0 aromatic heterocycles. The standard InChI is InChI=1S/C43H59NO16/c1-21-25(57-36(52)29(49)32(39(7,8)19-45)44-37(53)60-38(4,5)6)18-43(54)34(58-35(51)24-15-13-12-14-16-24)31-41(11,26(48)17-27-42(31,20-55-27)59-23(3)47)33(50)30(56-22(2)46)28(21)40(43,9)10/h12-16,25-27,29-32,34,45,48-49,54H,17-20H2,1-11H3,(H,44,53)/t25-,26-,27+,29+,30+,31-,32+,34-,41+,42-,43+/m0/s1. The van der Waals surface area contributed by atoms with Gasteiger partial charge in [0.25, 0.3) is 0 Å². The molecule has 4 aliphatic rings. The summed E-state index contributed by atoms with van der Waals surface area (Å²) in [4.78, 5) is 82.5. The monoisotopic (exact) mass is 845 g/mol. The smallest absolute Gasteiger partial charge is 0.407 e. The minimum Gasteiger partial charge on any atom is -0.456 e. The number of hydrogen-bond donors (Lipinski definition) is 5. The van der Waals surface area contributed by atoms with Crippen molar-refractivity contribution in [3.63, 3.8) is 0 Å². The number of ketones is 1. The Morgan fingerprint density at radius 1 is 0.967 bits per heavy atom. The zero-order valence-electron chi connectivity index (χ0n) is 36.0. The Kier molecular flexibility index (Phi) is 12.5. The minimum atomic E-state index is -2.42. The molecule has 2 bridgehead atoms. The van der Waals surface area contributed by atoms with Crippen LogP contribution in [0, 0.1) is 22.2 Å². The number of carbonyl (C=O) groups excluding carboxylic acids is 6. The first-order valence-electron chi connectivity index (χ1n) is 20.0. The average Bonchev–Trinajstić information content (AvgIpc) is 3.14. The van der Waals surface area contributed by atoms with Crippen molar-refractivity contribution in [3.8, 4) is 0 Å². The third-order valence-electron chi connectivity index (χ3n) is 12.9. The molecule has 2 saturated carbocycles. The number of carbonyl (C=O) groups is 6. The van der Waals surface area contributed by atoms with Crippen LogP contribution in [0.3, 0.4) is 0 Å². The largest absolute Gasteiger partial charge is 0.456 e. The fourth-order valence-electron chi connectivity index (χ4n) is 9.60. The number of fused-ring (bicyclic) bond motifs is 5. The summed E-state index contributed by atoms with van der Waals surface area (Å²) in [5.41, 5.74) is -10.1. The molecule has 0 spiro atoms. The minimum absolute atomic E-state index is 0.0380. The molecular weight excluding hydrogens is 786 g/mol. The summed E-state index contributed by atoms with van der Waals surface area (Å²) in [6, 6.07) is 6.27. The van der Waals surface area contributed by atoms with Crippen LogP contribution in [0.15, 0.2) is 41.5 Å². The molecule has 17 heteroatoms. The summed E-state index contributed by atoms with van der Waals surface area (Å²) in [6.45, 7) is 15.0. The van der Waals surface area contributed by atoms with Gasteiger partial charge < -0.3 is 54.2 Å². The predicted molar refractivity (Wildman–Crippen MR) is 209 cm³/mol. The molecule has 1 amide bonds. The number of rotatable bonds is 10. The third kappa shape index (κ3) is 7.94. The lowest BCUT2D eigenvalue weighted by atomic mass is 9.44. The number of aliphatic hydroxyl groups is 4. The summed E-state index contributed by atoms with van der Waals surface area (Å²) >= 11 is 0. The molecule has 1 saturated heterocycles. The van der Waals surface area contributed by atoms with E-state index in [1.807, 2.05) is 0 Å². The summed E-state index contributed by atoms with van der Waals surface area (Å²) < 4.78 is 35.4. The highest BCUT2D eigenvalue weighted by Gasteiger charge is 2.78. The third-order valence-corrected chi connectivity index (χ3v) is 12.9. The van der Waals surface area contributed by atoms with E-state index in [-0.39, 0.29) is 29.7 Å². The van der Waals surface area contributed by atoms with Gasteiger partial charge in [-0.1, -0.05) is 45.9 Å². The number of esters is 4. The lowest BCUT2D eigenvalue weighted by Crippen LogP contribution is -2.82. The van der Waals surface area contributed by atoms with E-state index in [0.717, 1.165) is 13.8 Å². The van der Waals surface area contributed by atoms with Crippen molar-refractivity contribution < 1.29 is 77.6 Å². The predicted octanol–water partition coefficient (Wildman–Crippen LogP) is 2.48. The lowest BCUT2D eigenvalue weighted by molar-refractivity contribution is -0.346. The maximum Gasteiger partial charge on any atom is 0.407 e. The van der Waals surface area contributed by atoms with Crippen LogP contribution in [0.25, 0.3) is 0 Å². The molecule has 0 radical (unpaired) electrons. The quantitative estimate of drug-likeness (QED) is 0.129. The molecule has 1 aromatic rings. The highest BCUT2D eigenvalue weighted by Crippen LogP contribution is 2.64. The van der Waals surface area contributed by atoms with E-state index in [0.29, 0.717) is 0 Å². The number of amides is 1. The van der Waals surface area contributed by atoms with Crippen LogP contribution in [0.1, 0.15) is 99.4 Å². The normalized spacial score (nSPS) is 33.2. The first-order valence-corrected chi connectivity index (χ1v) is 20.0. The number of benzene rings is 1. The SMILES string of the molecule is CC(=O)O[C@H]1C(=O)[C@@]2(C)[C@H]([C@H](OC(=O)c3ccccc3)[C@]3(O)C[C@H](OC(=O)[C@H](O)[C@@H](NC(=O)OC(C)(C)C)C(C)(C)CO)C(C)=C1C3(C)C)[C@]1(OC(C)=O)CO[C@@H]1C[C@@H]2O. The van der Waals surface area contributed by atoms with Gasteiger partial charge in [0.05, 0.1) is 42.3 Å². The maximum absolute atomic E-state index is 15.4. The number of Topliss-reactive ketones (excluding diaryl/α,β-unsaturated/α-hetero) is 1. The van der Waals surface area contributed by atoms with E-state index in [9.17, 15) is 44.4 Å². The molecule has 17 nitrogen and oxygen atoms in total. The Morgan fingerprint density at radius 2 is 1.58 bits per heavy atom. The topological polar surface area (TPSA) is 251 Å². The molecule has 1 aromatic carbocycles. The Morgan fingerprint density at radius 3 is 2.10 bits per heavy atom. The van der Waals surface area contributed by atoms with Gasteiger partial charge >= 0.3 is 30.0 Å². The van der Waals surface area contributed by atoms with Gasteiger partial charge in [-0.15, -0.1) is 0 Å². The second-order valence-corrected chi connectivity index (χ2v) is 18.9. The number of aliphatic hydroxyl groups excluding tert-OH is 3. The van der Waals surface area contributed by atoms with Gasteiger partial charge in [-0.05, 0) is 57.9 Å². The molecule has 3 aliphatic carbocycles. The molecule has 5 rings (SSSR count). The Labute approximate surface area is 349 Å². The van der Waals surface area contributed by atoms with Crippen molar-refractivity contribution in [2.24, 2.45) is 22.2 Å². The van der Waals surface area contributed by atoms with Crippen LogP contribution in [-0.2, 0) is 47.6 Å². The zero-order chi connectivity index (χ0) is 45.1. The molecule has 1 aliphatic heterocycles. The van der Waals surface area contributed by atoms with Gasteiger partial charge in [0.1, 0.15) is 29.5 Å². The van der Waals surface area contributed by atoms with Crippen LogP contribution in [0.2, 0.25) is 0 Å². The van der Waals surface area contributed by atoms with Gasteiger partial charge in [-0.25, -0.2) is 14.4 Å². The number of ether oxygens (including phenoxy) is 6. The number of alkyl carbamates (subject to hydrolysis) is 1. The molecular formula is C43H59NO16. The fourth-order valence-corrected chi connectivity index (χ4v) is 9.60. The van der Waals surface area contributed by atoms with Gasteiger partial charge in [0.15, 0.2) is 23.6 Å². The van der Waals surface area contributed by atoms with E-state index < -0.39 is 130 Å². The van der Waals surface area contributed by atoms with E-state index in [2.05, 4.69) is 5.32 Å². The molecule has 0 unspecified atom stereocenters. The van der Waals surface area contributed by atoms with Crippen LogP contribution in [0.4, 0.5) is 4.79 Å². The van der Waals surface area contributed by atoms with Gasteiger partial charge in [0, 0.05) is 37.5 Å². The zero-order valence-corrected chi connectivity index (χ0v) is 36.0. The van der Waals surface area contributed by atoms with E-state index >= 15 is 4.79 Å². The van der Waals surface area contributed by atoms with Crippen LogP contribution in [-0.4, -0.2) is 129 Å². The van der Waals surface area contributed by atoms with Crippen molar-refractivity contribution in [1.82, 2.24) is 5.32 Å². The summed E-state index contributed by atoms with van der Waals surface area (Å²) in [5.74, 6) is -6.44. The first-order chi connectivity index (χ1) is 27.6. The van der Waals surface area contributed by atoms with Crippen molar-refractivity contribution in [3.05, 3.63) is 47.0 Å². The second-order valence-electron chi connectivity index (χ2n) is 18.9. The number of hydrogen-bond acceptors (Lipinski definition) is 16. The first kappa shape index (κ1) is 46.6. The molecule has 3 fully saturated rings. The highest BCUT2D eigenvalue weighted by molar-refractivity contribution is 5.95. The second kappa shape index (κ2) is 16.1. The summed E-state index contributed by atoms with van der Waals surface area (Å²) in [5, 5.41) is 49.9. The average molecular weight is 846 g/mol. The lowest BCUT2D eigenvalue weighted by Gasteiger charge is -2.67. The van der Waals surface area contributed by atoms with E-state index in [1.165, 1.54) is 53.7 Å². The van der Waals surface area contributed by atoms with Gasteiger partial charge in [0.2, 0.25) is 0 Å². The van der Waals surface area contributed by atoms with Crippen LogP contribution < -0.4 is 5.32 Å². The van der Waals surface area contributed by atoms with Crippen molar-refractivity contribution in [1.29, 1.82) is 0 Å². The van der Waals surface area contributed by atoms with Crippen molar-refractivity contribution in [2.45, 2.75) is 148 Å². The van der Waals surface area contributed by atoms with Crippen LogP contribution in [0.5, 0.6) is 0 Å². The van der Waals surface area contributed by atoms with Crippen molar-refractivity contribution >= 4 is 35.8 Å². The fraction of sp³-hybridized carbons (Fsp3) is 0.674. The molecule has 1 heterocycles. The van der Waals surface area contributed by atoms with E-state index in [1.54, 1.807) is 39.0 Å². The molecule has 5 N–H and O–H groups in total. The Bertz CT molecular complexity index is 1920. The molecule has 60 heavy (non-hydrogen) atoms. The van der Waals surface area contributed by atoms with E-state index in [4.69, 9.17) is 28.4 Å². The molecule has 11 atom stereocenters. The van der Waals surface area contributed by atoms with Crippen LogP contribution >= 0.6 is 0 Å². The Hall–Kier alpha value is -4.42. The maximum atomic E-state index is 15.4. The van der Waals surface area contributed by atoms with Gasteiger partial charge in [-0.2, -0.15) is 0 Å². The Balaban J connectivity index is 1.74. The highest BCUT2D eigenvalue weighted by atomic mass is 16.6. The van der Waals surface area contributed by atoms with Gasteiger partial charge in [-0.3, -0.25) is 14.4 Å². The summed E-state index contributed by atoms with van der Waals surface area (Å²) in [6.07, 6.45) is -11.8. The number of nitrogens with one attached hydrogen (secondary N) is 1. The molecule has 332 valence electrons.